The van der Waals surface area contributed by atoms with Crippen molar-refractivity contribution >= 4 is 23.2 Å². The third-order valence-electron chi connectivity index (χ3n) is 4.77. The molecule has 0 spiro atoms. The fraction of sp³-hybridized carbons (Fsp3) is 0.333. The molecule has 1 atom stereocenters. The molecule has 2 heterocycles. The number of methoxy groups -OCH3 is 1. The van der Waals surface area contributed by atoms with Crippen LogP contribution in [0.2, 0.25) is 0 Å². The summed E-state index contributed by atoms with van der Waals surface area (Å²) < 4.78 is 10.8. The Labute approximate surface area is 196 Å². The lowest BCUT2D eigenvalue weighted by Gasteiger charge is -2.17. The zero-order valence-electron chi connectivity index (χ0n) is 19.0. The Balaban J connectivity index is 1.74. The second-order valence-corrected chi connectivity index (χ2v) is 8.71. The number of hydrogen-bond donors (Lipinski definition) is 2. The molecule has 0 bridgehead atoms. The highest BCUT2D eigenvalue weighted by Crippen LogP contribution is 2.28. The first-order valence-electron chi connectivity index (χ1n) is 10.5. The normalized spacial score (nSPS) is 11.9. The molecular formula is C24H27N3O5S. The molecule has 1 amide bonds. The molecule has 9 heteroatoms. The van der Waals surface area contributed by atoms with Gasteiger partial charge in [-0.15, -0.1) is 11.3 Å². The summed E-state index contributed by atoms with van der Waals surface area (Å²) in [5.41, 5.74) is 2.93. The zero-order chi connectivity index (χ0) is 24.0. The number of aliphatic carboxylic acids is 1. The fourth-order valence-corrected chi connectivity index (χ4v) is 4.26. The molecule has 0 aliphatic carbocycles. The van der Waals surface area contributed by atoms with Gasteiger partial charge in [-0.1, -0.05) is 30.3 Å². The minimum atomic E-state index is -1.04. The van der Waals surface area contributed by atoms with E-state index in [9.17, 15) is 14.7 Å². The average Bonchev–Trinajstić information content (AvgIpc) is 3.19. The number of carbonyl (C=O) groups is 2. The van der Waals surface area contributed by atoms with Crippen LogP contribution < -0.4 is 10.1 Å². The number of nitrogens with one attached hydrogen (secondary N) is 1. The number of carboxylic acid groups (broad SMARTS) is 1. The SMILES string of the molecule is COc1ncc(CC(OC(C)C)C(=O)O)cc1CNC(=O)c1sc(-c2ccccc2)nc1C. The monoisotopic (exact) mass is 469 g/mol. The largest absolute Gasteiger partial charge is 0.481 e. The molecule has 33 heavy (non-hydrogen) atoms. The molecule has 3 rings (SSSR count). The molecule has 1 unspecified atom stereocenters. The Morgan fingerprint density at radius 3 is 2.58 bits per heavy atom. The van der Waals surface area contributed by atoms with Crippen molar-refractivity contribution in [3.05, 3.63) is 64.3 Å². The lowest BCUT2D eigenvalue weighted by molar-refractivity contribution is -0.153. The van der Waals surface area contributed by atoms with Crippen LogP contribution in [0.25, 0.3) is 10.6 Å². The molecule has 2 aromatic heterocycles. The Bertz CT molecular complexity index is 1110. The second-order valence-electron chi connectivity index (χ2n) is 7.71. The summed E-state index contributed by atoms with van der Waals surface area (Å²) in [4.78, 5) is 33.7. The second kappa shape index (κ2) is 11.0. The summed E-state index contributed by atoms with van der Waals surface area (Å²) in [6, 6.07) is 11.5. The number of carbonyl (C=O) groups excluding carboxylic acids is 1. The molecule has 0 radical (unpaired) electrons. The van der Waals surface area contributed by atoms with E-state index in [4.69, 9.17) is 9.47 Å². The van der Waals surface area contributed by atoms with Crippen LogP contribution >= 0.6 is 11.3 Å². The van der Waals surface area contributed by atoms with Gasteiger partial charge in [-0.3, -0.25) is 4.79 Å². The summed E-state index contributed by atoms with van der Waals surface area (Å²) in [5, 5.41) is 13.1. The van der Waals surface area contributed by atoms with E-state index in [1.807, 2.05) is 30.3 Å². The van der Waals surface area contributed by atoms with E-state index in [1.54, 1.807) is 33.0 Å². The molecule has 8 nitrogen and oxygen atoms in total. The number of aryl methyl sites for hydroxylation is 1. The van der Waals surface area contributed by atoms with Gasteiger partial charge in [0.15, 0.2) is 6.10 Å². The van der Waals surface area contributed by atoms with Gasteiger partial charge in [-0.05, 0) is 32.4 Å². The van der Waals surface area contributed by atoms with Gasteiger partial charge >= 0.3 is 5.97 Å². The van der Waals surface area contributed by atoms with Crippen LogP contribution in [-0.2, 0) is 22.5 Å². The summed E-state index contributed by atoms with van der Waals surface area (Å²) >= 11 is 1.33. The summed E-state index contributed by atoms with van der Waals surface area (Å²) in [6.45, 7) is 5.55. The molecule has 2 N–H and O–H groups in total. The number of rotatable bonds is 10. The van der Waals surface area contributed by atoms with Crippen molar-refractivity contribution < 1.29 is 24.2 Å². The Kier molecular flexibility index (Phi) is 8.13. The van der Waals surface area contributed by atoms with Crippen molar-refractivity contribution in [1.29, 1.82) is 0 Å². The molecule has 0 aliphatic heterocycles. The molecule has 1 aromatic carbocycles. The fourth-order valence-electron chi connectivity index (χ4n) is 3.27. The summed E-state index contributed by atoms with van der Waals surface area (Å²) in [5.74, 6) is -0.919. The summed E-state index contributed by atoms with van der Waals surface area (Å²) in [6.07, 6.45) is 0.502. The maximum absolute atomic E-state index is 12.9. The number of benzene rings is 1. The third kappa shape index (κ3) is 6.36. The van der Waals surface area contributed by atoms with Gasteiger partial charge in [0.25, 0.3) is 5.91 Å². The first kappa shape index (κ1) is 24.3. The van der Waals surface area contributed by atoms with Crippen LogP contribution in [-0.4, -0.2) is 46.3 Å². The minimum Gasteiger partial charge on any atom is -0.481 e. The van der Waals surface area contributed by atoms with Gasteiger partial charge in [0, 0.05) is 30.3 Å². The third-order valence-corrected chi connectivity index (χ3v) is 5.98. The van der Waals surface area contributed by atoms with E-state index in [-0.39, 0.29) is 25.0 Å². The Hall–Kier alpha value is -3.30. The number of thiazole rings is 1. The number of carboxylic acids is 1. The van der Waals surface area contributed by atoms with Crippen LogP contribution in [0.5, 0.6) is 5.88 Å². The minimum absolute atomic E-state index is 0.153. The van der Waals surface area contributed by atoms with Gasteiger partial charge in [0.2, 0.25) is 5.88 Å². The van der Waals surface area contributed by atoms with Crippen molar-refractivity contribution in [1.82, 2.24) is 15.3 Å². The van der Waals surface area contributed by atoms with Gasteiger partial charge in [0.05, 0.1) is 18.9 Å². The Morgan fingerprint density at radius 1 is 1.21 bits per heavy atom. The van der Waals surface area contributed by atoms with Crippen LogP contribution in [0.15, 0.2) is 42.6 Å². The predicted molar refractivity (Wildman–Crippen MR) is 126 cm³/mol. The van der Waals surface area contributed by atoms with Crippen molar-refractivity contribution in [2.45, 2.75) is 45.9 Å². The van der Waals surface area contributed by atoms with E-state index >= 15 is 0 Å². The van der Waals surface area contributed by atoms with Gasteiger partial charge < -0.3 is 19.9 Å². The topological polar surface area (TPSA) is 111 Å². The number of hydrogen-bond acceptors (Lipinski definition) is 7. The van der Waals surface area contributed by atoms with E-state index in [0.717, 1.165) is 10.6 Å². The maximum atomic E-state index is 12.9. The van der Waals surface area contributed by atoms with Crippen molar-refractivity contribution in [2.75, 3.05) is 7.11 Å². The van der Waals surface area contributed by atoms with Crippen LogP contribution in [0.3, 0.4) is 0 Å². The number of pyridine rings is 1. The van der Waals surface area contributed by atoms with Crippen LogP contribution in [0.4, 0.5) is 0 Å². The molecule has 0 fully saturated rings. The van der Waals surface area contributed by atoms with Gasteiger partial charge in [-0.2, -0.15) is 0 Å². The number of aromatic nitrogens is 2. The van der Waals surface area contributed by atoms with Gasteiger partial charge in [0.1, 0.15) is 9.88 Å². The molecule has 0 saturated carbocycles. The first-order valence-corrected chi connectivity index (χ1v) is 11.3. The van der Waals surface area contributed by atoms with Crippen molar-refractivity contribution in [3.63, 3.8) is 0 Å². The highest BCUT2D eigenvalue weighted by Gasteiger charge is 2.22. The lowest BCUT2D eigenvalue weighted by atomic mass is 10.1. The quantitative estimate of drug-likeness (QED) is 0.464. The Morgan fingerprint density at radius 2 is 1.94 bits per heavy atom. The van der Waals surface area contributed by atoms with Crippen molar-refractivity contribution in [3.8, 4) is 16.5 Å². The maximum Gasteiger partial charge on any atom is 0.333 e. The highest BCUT2D eigenvalue weighted by molar-refractivity contribution is 7.17. The molecule has 174 valence electrons. The lowest BCUT2D eigenvalue weighted by Crippen LogP contribution is -2.29. The smallest absolute Gasteiger partial charge is 0.333 e. The van der Waals surface area contributed by atoms with E-state index in [0.29, 0.717) is 27.6 Å². The standard InChI is InChI=1S/C24H27N3O5S/c1-14(2)32-19(24(29)30)11-16-10-18(22(31-4)26-12-16)13-25-21(28)20-15(3)27-23(33-20)17-8-6-5-7-9-17/h5-10,12,14,19H,11,13H2,1-4H3,(H,25,28)(H,29,30). The molecule has 0 aliphatic rings. The highest BCUT2D eigenvalue weighted by atomic mass is 32.1. The zero-order valence-corrected chi connectivity index (χ0v) is 19.8. The van der Waals surface area contributed by atoms with E-state index in [1.165, 1.54) is 18.4 Å². The van der Waals surface area contributed by atoms with E-state index in [2.05, 4.69) is 15.3 Å². The number of amides is 1. The molecule has 0 saturated heterocycles. The first-order chi connectivity index (χ1) is 15.8. The van der Waals surface area contributed by atoms with E-state index < -0.39 is 12.1 Å². The van der Waals surface area contributed by atoms with Crippen LogP contribution in [0, 0.1) is 6.92 Å². The predicted octanol–water partition coefficient (Wildman–Crippen LogP) is 3.87. The number of nitrogens with zero attached hydrogens (tertiary/aromatic N) is 2. The van der Waals surface area contributed by atoms with Crippen LogP contribution in [0.1, 0.15) is 40.3 Å². The number of ether oxygens (including phenoxy) is 2. The van der Waals surface area contributed by atoms with Crippen molar-refractivity contribution in [2.24, 2.45) is 0 Å². The average molecular weight is 470 g/mol. The summed E-state index contributed by atoms with van der Waals surface area (Å²) in [7, 11) is 1.49. The molecule has 3 aromatic rings. The van der Waals surface area contributed by atoms with Gasteiger partial charge in [-0.25, -0.2) is 14.8 Å². The molecular weight excluding hydrogens is 442 g/mol.